The van der Waals surface area contributed by atoms with Crippen molar-refractivity contribution in [2.24, 2.45) is 5.92 Å². The van der Waals surface area contributed by atoms with Gasteiger partial charge in [-0.3, -0.25) is 4.90 Å². The van der Waals surface area contributed by atoms with Crippen molar-refractivity contribution in [3.05, 3.63) is 16.1 Å². The zero-order valence-corrected chi connectivity index (χ0v) is 11.7. The Morgan fingerprint density at radius 3 is 2.82 bits per heavy atom. The molecule has 2 heterocycles. The van der Waals surface area contributed by atoms with Crippen LogP contribution in [0.15, 0.2) is 5.51 Å². The molecule has 96 valence electrons. The summed E-state index contributed by atoms with van der Waals surface area (Å²) < 4.78 is 0. The van der Waals surface area contributed by atoms with Gasteiger partial charge in [0.15, 0.2) is 0 Å². The van der Waals surface area contributed by atoms with Crippen molar-refractivity contribution in [1.29, 1.82) is 0 Å². The van der Waals surface area contributed by atoms with Gasteiger partial charge in [-0.25, -0.2) is 4.98 Å². The average Bonchev–Trinajstić information content (AvgIpc) is 2.75. The van der Waals surface area contributed by atoms with Gasteiger partial charge in [0.2, 0.25) is 0 Å². The summed E-state index contributed by atoms with van der Waals surface area (Å²) in [5.41, 5.74) is 3.17. The maximum Gasteiger partial charge on any atom is 0.0798 e. The van der Waals surface area contributed by atoms with Crippen LogP contribution in [0.4, 0.5) is 0 Å². The molecule has 3 nitrogen and oxygen atoms in total. The van der Waals surface area contributed by atoms with Gasteiger partial charge in [0.25, 0.3) is 0 Å². The lowest BCUT2D eigenvalue weighted by molar-refractivity contribution is 0.208. The van der Waals surface area contributed by atoms with Crippen LogP contribution in [0.3, 0.4) is 0 Å². The van der Waals surface area contributed by atoms with E-state index in [0.29, 0.717) is 0 Å². The van der Waals surface area contributed by atoms with Crippen molar-refractivity contribution in [3.8, 4) is 0 Å². The smallest absolute Gasteiger partial charge is 0.0798 e. The first-order chi connectivity index (χ1) is 8.29. The molecular weight excluding hydrogens is 230 g/mol. The minimum absolute atomic E-state index is 0.879. The SMILES string of the molecule is CCN(Cc1scnc1C)CC1CCNCC1. The van der Waals surface area contributed by atoms with Crippen molar-refractivity contribution in [2.45, 2.75) is 33.2 Å². The van der Waals surface area contributed by atoms with Crippen molar-refractivity contribution < 1.29 is 0 Å². The van der Waals surface area contributed by atoms with Gasteiger partial charge in [-0.1, -0.05) is 6.92 Å². The summed E-state index contributed by atoms with van der Waals surface area (Å²) in [6.45, 7) is 10.2. The number of nitrogens with one attached hydrogen (secondary N) is 1. The van der Waals surface area contributed by atoms with Crippen LogP contribution in [-0.2, 0) is 6.54 Å². The van der Waals surface area contributed by atoms with E-state index in [1.54, 1.807) is 11.3 Å². The zero-order chi connectivity index (χ0) is 12.1. The second-order valence-corrected chi connectivity index (χ2v) is 5.82. The van der Waals surface area contributed by atoms with Crippen LogP contribution >= 0.6 is 11.3 Å². The first-order valence-corrected chi connectivity index (χ1v) is 7.49. The lowest BCUT2D eigenvalue weighted by Crippen LogP contribution is -2.35. The van der Waals surface area contributed by atoms with Crippen molar-refractivity contribution in [2.75, 3.05) is 26.2 Å². The summed E-state index contributed by atoms with van der Waals surface area (Å²) in [5, 5.41) is 3.43. The Morgan fingerprint density at radius 1 is 1.47 bits per heavy atom. The van der Waals surface area contributed by atoms with Crippen LogP contribution in [0.2, 0.25) is 0 Å². The Hall–Kier alpha value is -0.450. The van der Waals surface area contributed by atoms with Crippen LogP contribution in [0.5, 0.6) is 0 Å². The number of aromatic nitrogens is 1. The van der Waals surface area contributed by atoms with Gasteiger partial charge in [-0.2, -0.15) is 0 Å². The van der Waals surface area contributed by atoms with E-state index in [1.807, 2.05) is 5.51 Å². The van der Waals surface area contributed by atoms with Crippen LogP contribution in [-0.4, -0.2) is 36.1 Å². The number of piperidine rings is 1. The molecule has 0 spiro atoms. The molecule has 0 saturated carbocycles. The molecule has 1 aromatic rings. The predicted octanol–water partition coefficient (Wildman–Crippen LogP) is 2.27. The van der Waals surface area contributed by atoms with E-state index >= 15 is 0 Å². The monoisotopic (exact) mass is 253 g/mol. The molecule has 1 aliphatic rings. The van der Waals surface area contributed by atoms with Gasteiger partial charge in [0.05, 0.1) is 11.2 Å². The van der Waals surface area contributed by atoms with Gasteiger partial charge < -0.3 is 5.32 Å². The predicted molar refractivity (Wildman–Crippen MR) is 73.4 cm³/mol. The zero-order valence-electron chi connectivity index (χ0n) is 10.9. The number of rotatable bonds is 5. The first kappa shape index (κ1) is 13.0. The highest BCUT2D eigenvalue weighted by Crippen LogP contribution is 2.18. The summed E-state index contributed by atoms with van der Waals surface area (Å²) >= 11 is 1.79. The minimum atomic E-state index is 0.879. The average molecular weight is 253 g/mol. The highest BCUT2D eigenvalue weighted by Gasteiger charge is 2.17. The van der Waals surface area contributed by atoms with Gasteiger partial charge >= 0.3 is 0 Å². The second kappa shape index (κ2) is 6.47. The molecule has 0 aromatic carbocycles. The molecule has 17 heavy (non-hydrogen) atoms. The fourth-order valence-electron chi connectivity index (χ4n) is 2.42. The normalized spacial score (nSPS) is 17.8. The molecule has 1 aromatic heterocycles. The lowest BCUT2D eigenvalue weighted by Gasteiger charge is -2.29. The van der Waals surface area contributed by atoms with Gasteiger partial charge in [0.1, 0.15) is 0 Å². The standard InChI is InChI=1S/C13H23N3S/c1-3-16(8-12-4-6-14-7-5-12)9-13-11(2)15-10-17-13/h10,12,14H,3-9H2,1-2H3. The van der Waals surface area contributed by atoms with Crippen molar-refractivity contribution in [1.82, 2.24) is 15.2 Å². The summed E-state index contributed by atoms with van der Waals surface area (Å²) in [6.07, 6.45) is 2.66. The first-order valence-electron chi connectivity index (χ1n) is 6.61. The van der Waals surface area contributed by atoms with E-state index in [9.17, 15) is 0 Å². The Labute approximate surface area is 108 Å². The van der Waals surface area contributed by atoms with Crippen molar-refractivity contribution in [3.63, 3.8) is 0 Å². The topological polar surface area (TPSA) is 28.2 Å². The highest BCUT2D eigenvalue weighted by molar-refractivity contribution is 7.09. The minimum Gasteiger partial charge on any atom is -0.317 e. The lowest BCUT2D eigenvalue weighted by atomic mass is 9.97. The van der Waals surface area contributed by atoms with Crippen molar-refractivity contribution >= 4 is 11.3 Å². The molecular formula is C13H23N3S. The molecule has 0 atom stereocenters. The summed E-state index contributed by atoms with van der Waals surface area (Å²) in [7, 11) is 0. The quantitative estimate of drug-likeness (QED) is 0.872. The fourth-order valence-corrected chi connectivity index (χ4v) is 3.23. The molecule has 2 rings (SSSR count). The third-order valence-corrected chi connectivity index (χ3v) is 4.55. The Bertz CT molecular complexity index is 331. The number of hydrogen-bond acceptors (Lipinski definition) is 4. The second-order valence-electron chi connectivity index (χ2n) is 4.88. The van der Waals surface area contributed by atoms with E-state index < -0.39 is 0 Å². The number of nitrogens with zero attached hydrogens (tertiary/aromatic N) is 2. The van der Waals surface area contributed by atoms with E-state index in [4.69, 9.17) is 0 Å². The van der Waals surface area contributed by atoms with Crippen LogP contribution < -0.4 is 5.32 Å². The third-order valence-electron chi connectivity index (χ3n) is 3.63. The van der Waals surface area contributed by atoms with Crippen LogP contribution in [0.1, 0.15) is 30.3 Å². The van der Waals surface area contributed by atoms with E-state index in [0.717, 1.165) is 19.0 Å². The molecule has 4 heteroatoms. The van der Waals surface area contributed by atoms with Crippen LogP contribution in [0, 0.1) is 12.8 Å². The molecule has 0 bridgehead atoms. The largest absolute Gasteiger partial charge is 0.317 e. The molecule has 0 amide bonds. The summed E-state index contributed by atoms with van der Waals surface area (Å²) in [4.78, 5) is 8.33. The summed E-state index contributed by atoms with van der Waals surface area (Å²) in [5.74, 6) is 0.879. The van der Waals surface area contributed by atoms with Gasteiger partial charge in [-0.05, 0) is 45.3 Å². The maximum absolute atomic E-state index is 4.33. The Morgan fingerprint density at radius 2 is 2.24 bits per heavy atom. The van der Waals surface area contributed by atoms with E-state index in [2.05, 4.69) is 29.0 Å². The van der Waals surface area contributed by atoms with Crippen LogP contribution in [0.25, 0.3) is 0 Å². The number of thiazole rings is 1. The third kappa shape index (κ3) is 3.76. The molecule has 1 aliphatic heterocycles. The van der Waals surface area contributed by atoms with E-state index in [-0.39, 0.29) is 0 Å². The van der Waals surface area contributed by atoms with Gasteiger partial charge in [-0.15, -0.1) is 11.3 Å². The number of aryl methyl sites for hydroxylation is 1. The Balaban J connectivity index is 1.85. The molecule has 1 fully saturated rings. The molecule has 0 aliphatic carbocycles. The highest BCUT2D eigenvalue weighted by atomic mass is 32.1. The molecule has 1 saturated heterocycles. The summed E-state index contributed by atoms with van der Waals surface area (Å²) in [6, 6.07) is 0. The van der Waals surface area contributed by atoms with E-state index in [1.165, 1.54) is 43.0 Å². The number of hydrogen-bond donors (Lipinski definition) is 1. The molecule has 0 unspecified atom stereocenters. The molecule has 0 radical (unpaired) electrons. The molecule has 1 N–H and O–H groups in total. The maximum atomic E-state index is 4.33. The Kier molecular flexibility index (Phi) is 4.95. The van der Waals surface area contributed by atoms with Gasteiger partial charge in [0, 0.05) is 18.0 Å². The fraction of sp³-hybridized carbons (Fsp3) is 0.769.